The lowest BCUT2D eigenvalue weighted by Crippen LogP contribution is -2.19. The normalized spacial score (nSPS) is 12.4. The van der Waals surface area contributed by atoms with Crippen LogP contribution >= 0.6 is 11.6 Å². The predicted octanol–water partition coefficient (Wildman–Crippen LogP) is 4.29. The zero-order valence-electron chi connectivity index (χ0n) is 11.1. The van der Waals surface area contributed by atoms with E-state index in [4.69, 9.17) is 11.6 Å². The van der Waals surface area contributed by atoms with E-state index in [-0.39, 0.29) is 11.9 Å². The third kappa shape index (κ3) is 3.55. The summed E-state index contributed by atoms with van der Waals surface area (Å²) in [5.41, 5.74) is 2.75. The molecule has 3 heteroatoms. The molecule has 0 aliphatic carbocycles. The standard InChI is InChI=1S/C16H17ClFN/c1-11-6-7-13(10-15(11)18)16(19-2)9-12-4-3-5-14(17)8-12/h3-8,10,16,19H,9H2,1-2H3. The Morgan fingerprint density at radius 2 is 2.00 bits per heavy atom. The van der Waals surface area contributed by atoms with Gasteiger partial charge < -0.3 is 5.32 Å². The molecule has 0 saturated carbocycles. The highest BCUT2D eigenvalue weighted by atomic mass is 35.5. The van der Waals surface area contributed by atoms with E-state index in [1.165, 1.54) is 0 Å². The zero-order valence-corrected chi connectivity index (χ0v) is 11.8. The fourth-order valence-corrected chi connectivity index (χ4v) is 2.32. The monoisotopic (exact) mass is 277 g/mol. The Balaban J connectivity index is 2.22. The lowest BCUT2D eigenvalue weighted by molar-refractivity contribution is 0.574. The van der Waals surface area contributed by atoms with E-state index < -0.39 is 0 Å². The molecule has 1 atom stereocenters. The van der Waals surface area contributed by atoms with Crippen LogP contribution in [0.25, 0.3) is 0 Å². The third-order valence-corrected chi connectivity index (χ3v) is 3.51. The SMILES string of the molecule is CNC(Cc1cccc(Cl)c1)c1ccc(C)c(F)c1. The summed E-state index contributed by atoms with van der Waals surface area (Å²) in [7, 11) is 1.88. The summed E-state index contributed by atoms with van der Waals surface area (Å²) in [6.07, 6.45) is 0.777. The van der Waals surface area contributed by atoms with Gasteiger partial charge in [-0.25, -0.2) is 4.39 Å². The van der Waals surface area contributed by atoms with Gasteiger partial charge in [0, 0.05) is 11.1 Å². The van der Waals surface area contributed by atoms with Crippen molar-refractivity contribution in [1.82, 2.24) is 5.32 Å². The van der Waals surface area contributed by atoms with Gasteiger partial charge in [-0.15, -0.1) is 0 Å². The number of nitrogens with one attached hydrogen (secondary N) is 1. The van der Waals surface area contributed by atoms with E-state index in [0.29, 0.717) is 5.56 Å². The van der Waals surface area contributed by atoms with Crippen molar-refractivity contribution < 1.29 is 4.39 Å². The molecule has 1 unspecified atom stereocenters. The van der Waals surface area contributed by atoms with Gasteiger partial charge in [-0.3, -0.25) is 0 Å². The van der Waals surface area contributed by atoms with Gasteiger partial charge >= 0.3 is 0 Å². The van der Waals surface area contributed by atoms with Gasteiger partial charge in [-0.2, -0.15) is 0 Å². The fraction of sp³-hybridized carbons (Fsp3) is 0.250. The first-order valence-electron chi connectivity index (χ1n) is 6.28. The second kappa shape index (κ2) is 6.18. The summed E-state index contributed by atoms with van der Waals surface area (Å²) in [5, 5.41) is 3.95. The van der Waals surface area contributed by atoms with Gasteiger partial charge in [0.1, 0.15) is 5.82 Å². The van der Waals surface area contributed by atoms with Gasteiger partial charge in [0.15, 0.2) is 0 Å². The van der Waals surface area contributed by atoms with Crippen molar-refractivity contribution in [2.75, 3.05) is 7.05 Å². The van der Waals surface area contributed by atoms with E-state index >= 15 is 0 Å². The van der Waals surface area contributed by atoms with Gasteiger partial charge in [0.25, 0.3) is 0 Å². The molecule has 19 heavy (non-hydrogen) atoms. The van der Waals surface area contributed by atoms with Crippen molar-refractivity contribution in [1.29, 1.82) is 0 Å². The molecule has 2 aromatic rings. The van der Waals surface area contributed by atoms with Crippen LogP contribution in [0.5, 0.6) is 0 Å². The molecule has 0 saturated heterocycles. The maximum atomic E-state index is 13.6. The van der Waals surface area contributed by atoms with Crippen molar-refractivity contribution in [2.45, 2.75) is 19.4 Å². The minimum Gasteiger partial charge on any atom is -0.313 e. The molecule has 0 fully saturated rings. The molecule has 0 aliphatic heterocycles. The second-order valence-corrected chi connectivity index (χ2v) is 5.12. The molecular formula is C16H17ClFN. The number of halogens is 2. The Kier molecular flexibility index (Phi) is 4.56. The van der Waals surface area contributed by atoms with E-state index in [1.807, 2.05) is 43.4 Å². The lowest BCUT2D eigenvalue weighted by Gasteiger charge is -2.17. The first-order valence-corrected chi connectivity index (χ1v) is 6.65. The molecule has 0 radical (unpaired) electrons. The largest absolute Gasteiger partial charge is 0.313 e. The van der Waals surface area contributed by atoms with Crippen LogP contribution in [-0.2, 0) is 6.42 Å². The fourth-order valence-electron chi connectivity index (χ4n) is 2.11. The quantitative estimate of drug-likeness (QED) is 0.879. The Bertz CT molecular complexity index is 568. The number of benzene rings is 2. The van der Waals surface area contributed by atoms with E-state index in [1.54, 1.807) is 13.0 Å². The average Bonchev–Trinajstić information content (AvgIpc) is 2.39. The van der Waals surface area contributed by atoms with Crippen LogP contribution in [0.2, 0.25) is 5.02 Å². The molecule has 0 aromatic heterocycles. The highest BCUT2D eigenvalue weighted by molar-refractivity contribution is 6.30. The van der Waals surface area contributed by atoms with E-state index in [0.717, 1.165) is 22.6 Å². The van der Waals surface area contributed by atoms with E-state index in [2.05, 4.69) is 5.32 Å². The highest BCUT2D eigenvalue weighted by Crippen LogP contribution is 2.22. The van der Waals surface area contributed by atoms with Crippen molar-refractivity contribution >= 4 is 11.6 Å². The lowest BCUT2D eigenvalue weighted by atomic mass is 9.98. The molecule has 100 valence electrons. The number of hydrogen-bond acceptors (Lipinski definition) is 1. The molecule has 2 rings (SSSR count). The molecule has 0 amide bonds. The summed E-state index contributed by atoms with van der Waals surface area (Å²) in [6.45, 7) is 1.77. The molecule has 0 heterocycles. The van der Waals surface area contributed by atoms with Crippen LogP contribution in [-0.4, -0.2) is 7.05 Å². The highest BCUT2D eigenvalue weighted by Gasteiger charge is 2.12. The van der Waals surface area contributed by atoms with Gasteiger partial charge in [-0.05, 0) is 55.3 Å². The molecule has 0 aliphatic rings. The summed E-state index contributed by atoms with van der Waals surface area (Å²) < 4.78 is 13.6. The summed E-state index contributed by atoms with van der Waals surface area (Å²) in [4.78, 5) is 0. The molecule has 0 spiro atoms. The maximum Gasteiger partial charge on any atom is 0.126 e. The van der Waals surface area contributed by atoms with Crippen LogP contribution in [0.1, 0.15) is 22.7 Å². The van der Waals surface area contributed by atoms with Crippen LogP contribution < -0.4 is 5.32 Å². The zero-order chi connectivity index (χ0) is 13.8. The first-order chi connectivity index (χ1) is 9.10. The van der Waals surface area contributed by atoms with Crippen molar-refractivity contribution in [2.24, 2.45) is 0 Å². The van der Waals surface area contributed by atoms with Crippen molar-refractivity contribution in [3.05, 3.63) is 70.0 Å². The topological polar surface area (TPSA) is 12.0 Å². The Hall–Kier alpha value is -1.38. The summed E-state index contributed by atoms with van der Waals surface area (Å²) in [5.74, 6) is -0.163. The first kappa shape index (κ1) is 14.0. The second-order valence-electron chi connectivity index (χ2n) is 4.68. The third-order valence-electron chi connectivity index (χ3n) is 3.28. The molecule has 1 N–H and O–H groups in total. The van der Waals surface area contributed by atoms with Crippen molar-refractivity contribution in [3.63, 3.8) is 0 Å². The van der Waals surface area contributed by atoms with Crippen LogP contribution in [0, 0.1) is 12.7 Å². The van der Waals surface area contributed by atoms with Crippen LogP contribution in [0.4, 0.5) is 4.39 Å². The van der Waals surface area contributed by atoms with Gasteiger partial charge in [-0.1, -0.05) is 35.9 Å². The minimum atomic E-state index is -0.163. The Labute approximate surface area is 118 Å². The van der Waals surface area contributed by atoms with Crippen molar-refractivity contribution in [3.8, 4) is 0 Å². The smallest absolute Gasteiger partial charge is 0.126 e. The number of rotatable bonds is 4. The Morgan fingerprint density at radius 3 is 2.63 bits per heavy atom. The average molecular weight is 278 g/mol. The summed E-state index contributed by atoms with van der Waals surface area (Å²) >= 11 is 5.98. The Morgan fingerprint density at radius 1 is 1.21 bits per heavy atom. The summed E-state index contributed by atoms with van der Waals surface area (Å²) in [6, 6.07) is 13.2. The predicted molar refractivity (Wildman–Crippen MR) is 78.1 cm³/mol. The molecule has 0 bridgehead atoms. The molecular weight excluding hydrogens is 261 g/mol. The number of hydrogen-bond donors (Lipinski definition) is 1. The molecule has 2 aromatic carbocycles. The minimum absolute atomic E-state index is 0.0774. The number of aryl methyl sites for hydroxylation is 1. The number of likely N-dealkylation sites (N-methyl/N-ethyl adjacent to an activating group) is 1. The van der Waals surface area contributed by atoms with Gasteiger partial charge in [0.2, 0.25) is 0 Å². The van der Waals surface area contributed by atoms with Crippen LogP contribution in [0.3, 0.4) is 0 Å². The van der Waals surface area contributed by atoms with Crippen LogP contribution in [0.15, 0.2) is 42.5 Å². The van der Waals surface area contributed by atoms with E-state index in [9.17, 15) is 4.39 Å². The maximum absolute atomic E-state index is 13.6. The van der Waals surface area contributed by atoms with Gasteiger partial charge in [0.05, 0.1) is 0 Å². The molecule has 1 nitrogen and oxygen atoms in total.